The molecule has 2 aliphatic heterocycles. The van der Waals surface area contributed by atoms with Crippen LogP contribution in [0, 0.1) is 0 Å². The quantitative estimate of drug-likeness (QED) is 0.909. The maximum absolute atomic E-state index is 12.4. The van der Waals surface area contributed by atoms with Crippen molar-refractivity contribution in [1.82, 2.24) is 10.2 Å². The normalized spacial score (nSPS) is 25.0. The molecule has 5 nitrogen and oxygen atoms in total. The zero-order chi connectivity index (χ0) is 14.7. The topological polar surface area (TPSA) is 58.6 Å². The van der Waals surface area contributed by atoms with E-state index in [1.807, 2.05) is 30.3 Å². The van der Waals surface area contributed by atoms with E-state index >= 15 is 0 Å². The Morgan fingerprint density at radius 2 is 2.05 bits per heavy atom. The van der Waals surface area contributed by atoms with Crippen molar-refractivity contribution in [3.63, 3.8) is 0 Å². The molecule has 1 atom stereocenters. The van der Waals surface area contributed by atoms with Gasteiger partial charge < -0.3 is 10.1 Å². The maximum Gasteiger partial charge on any atom is 0.411 e. The lowest BCUT2D eigenvalue weighted by molar-refractivity contribution is -0.121. The molecule has 0 bridgehead atoms. The number of likely N-dealkylation sites (tertiary alicyclic amines) is 1. The molecule has 2 amide bonds. The van der Waals surface area contributed by atoms with Crippen LogP contribution in [0.5, 0.6) is 0 Å². The predicted octanol–water partition coefficient (Wildman–Crippen LogP) is 2.42. The van der Waals surface area contributed by atoms with Crippen LogP contribution in [0.25, 0.3) is 0 Å². The molecular weight excluding hydrogens is 268 g/mol. The molecule has 2 heterocycles. The van der Waals surface area contributed by atoms with E-state index in [9.17, 15) is 9.59 Å². The van der Waals surface area contributed by atoms with Crippen LogP contribution in [0.4, 0.5) is 4.79 Å². The monoisotopic (exact) mass is 288 g/mol. The van der Waals surface area contributed by atoms with Gasteiger partial charge in [0, 0.05) is 13.0 Å². The van der Waals surface area contributed by atoms with Gasteiger partial charge in [-0.25, -0.2) is 4.79 Å². The molecule has 1 spiro atoms. The van der Waals surface area contributed by atoms with E-state index in [-0.39, 0.29) is 18.6 Å². The SMILES string of the molecule is O=C1CC[C@]2(CCCCN2C(=O)OCc2ccccc2)N1. The lowest BCUT2D eigenvalue weighted by Crippen LogP contribution is -2.60. The van der Waals surface area contributed by atoms with Crippen molar-refractivity contribution in [2.45, 2.75) is 44.4 Å². The Morgan fingerprint density at radius 3 is 2.76 bits per heavy atom. The molecule has 21 heavy (non-hydrogen) atoms. The summed E-state index contributed by atoms with van der Waals surface area (Å²) >= 11 is 0. The number of amides is 2. The average Bonchev–Trinajstić information content (AvgIpc) is 2.87. The van der Waals surface area contributed by atoms with Crippen LogP contribution in [-0.2, 0) is 16.1 Å². The standard InChI is InChI=1S/C16H20N2O3/c19-14-8-10-16(17-14)9-4-5-11-18(16)15(20)21-12-13-6-2-1-3-7-13/h1-3,6-7H,4-5,8-12H2,(H,17,19)/t16-/m1/s1. The van der Waals surface area contributed by atoms with Crippen LogP contribution in [0.3, 0.4) is 0 Å². The lowest BCUT2D eigenvalue weighted by atomic mass is 9.94. The Bertz CT molecular complexity index is 532. The van der Waals surface area contributed by atoms with Gasteiger partial charge >= 0.3 is 6.09 Å². The van der Waals surface area contributed by atoms with E-state index in [1.54, 1.807) is 4.90 Å². The zero-order valence-corrected chi connectivity index (χ0v) is 12.0. The van der Waals surface area contributed by atoms with E-state index in [4.69, 9.17) is 4.74 Å². The minimum absolute atomic E-state index is 0.0257. The highest BCUT2D eigenvalue weighted by molar-refractivity contribution is 5.81. The summed E-state index contributed by atoms with van der Waals surface area (Å²) in [4.78, 5) is 25.7. The van der Waals surface area contributed by atoms with Gasteiger partial charge in [-0.05, 0) is 31.2 Å². The van der Waals surface area contributed by atoms with E-state index in [0.29, 0.717) is 19.4 Å². The summed E-state index contributed by atoms with van der Waals surface area (Å²) in [6.07, 6.45) is 3.65. The fraction of sp³-hybridized carbons (Fsp3) is 0.500. The van der Waals surface area contributed by atoms with Gasteiger partial charge in [-0.15, -0.1) is 0 Å². The second-order valence-corrected chi connectivity index (χ2v) is 5.73. The number of ether oxygens (including phenoxy) is 1. The Morgan fingerprint density at radius 1 is 1.24 bits per heavy atom. The number of piperidine rings is 1. The Labute approximate surface area is 124 Å². The minimum atomic E-state index is -0.511. The summed E-state index contributed by atoms with van der Waals surface area (Å²) in [6.45, 7) is 0.911. The molecule has 0 saturated carbocycles. The van der Waals surface area contributed by atoms with Crippen LogP contribution in [0.2, 0.25) is 0 Å². The van der Waals surface area contributed by atoms with Gasteiger partial charge in [-0.2, -0.15) is 0 Å². The summed E-state index contributed by atoms with van der Waals surface area (Å²) in [5.74, 6) is 0.0257. The molecule has 0 aliphatic carbocycles. The molecule has 2 fully saturated rings. The zero-order valence-electron chi connectivity index (χ0n) is 12.0. The first-order valence-corrected chi connectivity index (χ1v) is 7.49. The molecule has 1 N–H and O–H groups in total. The van der Waals surface area contributed by atoms with Gasteiger partial charge in [0.2, 0.25) is 5.91 Å². The Kier molecular flexibility index (Phi) is 3.82. The highest BCUT2D eigenvalue weighted by Gasteiger charge is 2.47. The molecule has 2 aliphatic rings. The van der Waals surface area contributed by atoms with Crippen molar-refractivity contribution in [3.8, 4) is 0 Å². The highest BCUT2D eigenvalue weighted by Crippen LogP contribution is 2.34. The molecule has 5 heteroatoms. The molecule has 2 saturated heterocycles. The lowest BCUT2D eigenvalue weighted by Gasteiger charge is -2.43. The summed E-state index contributed by atoms with van der Waals surface area (Å²) in [5, 5.41) is 2.98. The predicted molar refractivity (Wildman–Crippen MR) is 77.3 cm³/mol. The number of hydrogen-bond acceptors (Lipinski definition) is 3. The Hall–Kier alpha value is -2.04. The Balaban J connectivity index is 1.66. The maximum atomic E-state index is 12.4. The van der Waals surface area contributed by atoms with E-state index in [0.717, 1.165) is 24.8 Å². The molecule has 0 unspecified atom stereocenters. The van der Waals surface area contributed by atoms with Gasteiger partial charge in [-0.3, -0.25) is 9.69 Å². The smallest absolute Gasteiger partial charge is 0.411 e. The van der Waals surface area contributed by atoms with E-state index in [1.165, 1.54) is 0 Å². The van der Waals surface area contributed by atoms with Crippen molar-refractivity contribution in [2.24, 2.45) is 0 Å². The summed E-state index contributed by atoms with van der Waals surface area (Å²) in [7, 11) is 0. The fourth-order valence-corrected chi connectivity index (χ4v) is 3.19. The van der Waals surface area contributed by atoms with Gasteiger partial charge in [-0.1, -0.05) is 30.3 Å². The van der Waals surface area contributed by atoms with E-state index < -0.39 is 5.66 Å². The molecule has 0 radical (unpaired) electrons. The molecular formula is C16H20N2O3. The number of carbonyl (C=O) groups is 2. The van der Waals surface area contributed by atoms with Crippen LogP contribution < -0.4 is 5.32 Å². The van der Waals surface area contributed by atoms with Gasteiger partial charge in [0.1, 0.15) is 12.3 Å². The van der Waals surface area contributed by atoms with Crippen molar-refractivity contribution >= 4 is 12.0 Å². The fourth-order valence-electron chi connectivity index (χ4n) is 3.19. The number of hydrogen-bond donors (Lipinski definition) is 1. The van der Waals surface area contributed by atoms with Crippen LogP contribution in [0.1, 0.15) is 37.7 Å². The van der Waals surface area contributed by atoms with Crippen LogP contribution >= 0.6 is 0 Å². The third-order valence-corrected chi connectivity index (χ3v) is 4.30. The van der Waals surface area contributed by atoms with Gasteiger partial charge in [0.15, 0.2) is 0 Å². The van der Waals surface area contributed by atoms with Gasteiger partial charge in [0.25, 0.3) is 0 Å². The van der Waals surface area contributed by atoms with Crippen molar-refractivity contribution < 1.29 is 14.3 Å². The largest absolute Gasteiger partial charge is 0.444 e. The number of rotatable bonds is 2. The summed E-state index contributed by atoms with van der Waals surface area (Å²) in [5.41, 5.74) is 0.454. The molecule has 3 rings (SSSR count). The number of carbonyl (C=O) groups excluding carboxylic acids is 2. The van der Waals surface area contributed by atoms with Crippen molar-refractivity contribution in [1.29, 1.82) is 0 Å². The number of nitrogens with one attached hydrogen (secondary N) is 1. The van der Waals surface area contributed by atoms with Crippen molar-refractivity contribution in [2.75, 3.05) is 6.54 Å². The first-order chi connectivity index (χ1) is 10.2. The first-order valence-electron chi connectivity index (χ1n) is 7.49. The van der Waals surface area contributed by atoms with Gasteiger partial charge in [0.05, 0.1) is 0 Å². The molecule has 0 aromatic heterocycles. The second kappa shape index (κ2) is 5.76. The van der Waals surface area contributed by atoms with Crippen LogP contribution in [0.15, 0.2) is 30.3 Å². The first kappa shape index (κ1) is 13.9. The third kappa shape index (κ3) is 2.86. The van der Waals surface area contributed by atoms with E-state index in [2.05, 4.69) is 5.32 Å². The number of benzene rings is 1. The van der Waals surface area contributed by atoms with Crippen LogP contribution in [-0.4, -0.2) is 29.1 Å². The number of nitrogens with zero attached hydrogens (tertiary/aromatic N) is 1. The molecule has 1 aromatic rings. The third-order valence-electron chi connectivity index (χ3n) is 4.30. The minimum Gasteiger partial charge on any atom is -0.444 e. The highest BCUT2D eigenvalue weighted by atomic mass is 16.6. The molecule has 112 valence electrons. The second-order valence-electron chi connectivity index (χ2n) is 5.73. The van der Waals surface area contributed by atoms with Crippen molar-refractivity contribution in [3.05, 3.63) is 35.9 Å². The summed E-state index contributed by atoms with van der Waals surface area (Å²) in [6, 6.07) is 9.62. The molecule has 1 aromatic carbocycles. The summed E-state index contributed by atoms with van der Waals surface area (Å²) < 4.78 is 5.43. The average molecular weight is 288 g/mol.